The number of halogens is 2. The standard InChI is InChI=1S/C25H25F2N9O5/c26-14-8-4-7-13(18(14)27)20(38)31-16-10-36-22(29)30-15(19-24(36,25(16,40)41)33-21(28)32-19)9-35-17(37)11-34(23(35)39)12-5-2-1-3-6-12/h1-8,15-16,19,40-41H,9-11H2,(H2,29,30)(H,31,38)(H3,28,32,33)/t15-,16?,19-,24?/m0/s1. The lowest BCUT2D eigenvalue weighted by Crippen LogP contribution is -2.81. The highest BCUT2D eigenvalue weighted by molar-refractivity contribution is 6.12. The Kier molecular flexibility index (Phi) is 5.86. The summed E-state index contributed by atoms with van der Waals surface area (Å²) in [5.41, 5.74) is -2.18. The predicted molar refractivity (Wildman–Crippen MR) is 138 cm³/mol. The van der Waals surface area contributed by atoms with E-state index < -0.39 is 64.6 Å². The van der Waals surface area contributed by atoms with E-state index in [4.69, 9.17) is 10.8 Å². The number of carbonyl (C=O) groups is 3. The Morgan fingerprint density at radius 2 is 1.80 bits per heavy atom. The minimum atomic E-state index is -2.89. The van der Waals surface area contributed by atoms with Crippen LogP contribution < -0.4 is 26.2 Å². The Bertz CT molecular complexity index is 1490. The lowest BCUT2D eigenvalue weighted by Gasteiger charge is -2.51. The molecule has 0 bridgehead atoms. The molecule has 2 aromatic rings. The molecule has 0 aliphatic carbocycles. The smallest absolute Gasteiger partial charge is 0.331 e. The van der Waals surface area contributed by atoms with Gasteiger partial charge in [0.25, 0.3) is 11.8 Å². The van der Waals surface area contributed by atoms with Gasteiger partial charge in [0.05, 0.1) is 24.2 Å². The average molecular weight is 570 g/mol. The van der Waals surface area contributed by atoms with Crippen molar-refractivity contribution in [2.45, 2.75) is 29.6 Å². The Morgan fingerprint density at radius 3 is 2.54 bits per heavy atom. The van der Waals surface area contributed by atoms with Crippen molar-refractivity contribution in [2.75, 3.05) is 24.5 Å². The van der Waals surface area contributed by atoms with Gasteiger partial charge in [0.15, 0.2) is 29.2 Å². The van der Waals surface area contributed by atoms with Crippen molar-refractivity contribution < 1.29 is 33.4 Å². The summed E-state index contributed by atoms with van der Waals surface area (Å²) in [5, 5.41) is 50.4. The highest BCUT2D eigenvalue weighted by atomic mass is 19.2. The van der Waals surface area contributed by atoms with Crippen molar-refractivity contribution in [2.24, 2.45) is 0 Å². The number of urea groups is 1. The number of benzene rings is 2. The molecule has 4 aliphatic heterocycles. The van der Waals surface area contributed by atoms with E-state index in [2.05, 4.69) is 21.3 Å². The fourth-order valence-corrected chi connectivity index (χ4v) is 5.97. The number of nitrogens with zero attached hydrogens (tertiary/aromatic N) is 3. The Hall–Kier alpha value is -4.83. The van der Waals surface area contributed by atoms with Crippen LogP contribution in [0.5, 0.6) is 0 Å². The van der Waals surface area contributed by atoms with E-state index in [9.17, 15) is 33.4 Å². The van der Waals surface area contributed by atoms with E-state index in [0.717, 1.165) is 23.1 Å². The summed E-state index contributed by atoms with van der Waals surface area (Å²) in [6.45, 7) is -0.894. The predicted octanol–water partition coefficient (Wildman–Crippen LogP) is -1.37. The van der Waals surface area contributed by atoms with Crippen molar-refractivity contribution in [1.82, 2.24) is 31.1 Å². The molecule has 0 radical (unpaired) electrons. The molecule has 0 aromatic heterocycles. The highest BCUT2D eigenvalue weighted by Gasteiger charge is 2.74. The summed E-state index contributed by atoms with van der Waals surface area (Å²) in [7, 11) is 0. The first-order valence-electron chi connectivity index (χ1n) is 12.6. The summed E-state index contributed by atoms with van der Waals surface area (Å²) >= 11 is 0. The number of hydrogen-bond donors (Lipinski definition) is 8. The van der Waals surface area contributed by atoms with Crippen LogP contribution in [0.4, 0.5) is 19.3 Å². The number of aliphatic hydroxyl groups is 2. The monoisotopic (exact) mass is 569 g/mol. The van der Waals surface area contributed by atoms with Gasteiger partial charge in [-0.3, -0.25) is 30.2 Å². The maximum absolute atomic E-state index is 14.3. The first-order chi connectivity index (χ1) is 19.5. The third-order valence-electron chi connectivity index (χ3n) is 7.90. The van der Waals surface area contributed by atoms with Crippen LogP contribution in [0.3, 0.4) is 0 Å². The van der Waals surface area contributed by atoms with E-state index >= 15 is 0 Å². The van der Waals surface area contributed by atoms with Crippen LogP contribution in [0.1, 0.15) is 10.4 Å². The molecule has 41 heavy (non-hydrogen) atoms. The highest BCUT2D eigenvalue weighted by Crippen LogP contribution is 2.43. The minimum absolute atomic E-state index is 0.217. The third kappa shape index (κ3) is 3.78. The molecular weight excluding hydrogens is 544 g/mol. The summed E-state index contributed by atoms with van der Waals surface area (Å²) in [4.78, 5) is 42.3. The normalized spacial score (nSPS) is 28.2. The van der Waals surface area contributed by atoms with E-state index in [-0.39, 0.29) is 31.6 Å². The van der Waals surface area contributed by atoms with E-state index in [1.165, 1.54) is 9.80 Å². The quantitative estimate of drug-likeness (QED) is 0.158. The molecular formula is C25H25F2N9O5. The lowest BCUT2D eigenvalue weighted by atomic mass is 9.84. The van der Waals surface area contributed by atoms with Gasteiger partial charge in [0.1, 0.15) is 12.6 Å². The van der Waals surface area contributed by atoms with Gasteiger partial charge in [0.2, 0.25) is 5.79 Å². The zero-order valence-corrected chi connectivity index (χ0v) is 21.2. The first-order valence-corrected chi connectivity index (χ1v) is 12.6. The van der Waals surface area contributed by atoms with Crippen LogP contribution in [-0.4, -0.2) is 99.0 Å². The van der Waals surface area contributed by atoms with E-state index in [1.54, 1.807) is 30.3 Å². The van der Waals surface area contributed by atoms with Crippen molar-refractivity contribution in [3.8, 4) is 0 Å². The zero-order chi connectivity index (χ0) is 29.3. The van der Waals surface area contributed by atoms with Crippen LogP contribution in [-0.2, 0) is 4.79 Å². The summed E-state index contributed by atoms with van der Waals surface area (Å²) < 4.78 is 28.0. The van der Waals surface area contributed by atoms with Gasteiger partial charge < -0.3 is 36.4 Å². The summed E-state index contributed by atoms with van der Waals surface area (Å²) in [6.07, 6.45) is 0. The van der Waals surface area contributed by atoms with Gasteiger partial charge in [-0.1, -0.05) is 24.3 Å². The fraction of sp³-hybridized carbons (Fsp3) is 0.320. The van der Waals surface area contributed by atoms with Crippen LogP contribution in [0.25, 0.3) is 0 Å². The topological polar surface area (TPSA) is 197 Å². The molecule has 2 aromatic carbocycles. The van der Waals surface area contributed by atoms with Gasteiger partial charge in [0, 0.05) is 12.2 Å². The maximum Gasteiger partial charge on any atom is 0.331 e. The van der Waals surface area contributed by atoms with Gasteiger partial charge in [-0.15, -0.1) is 0 Å². The molecule has 214 valence electrons. The minimum Gasteiger partial charge on any atom is -0.361 e. The molecule has 0 saturated carbocycles. The third-order valence-corrected chi connectivity index (χ3v) is 7.90. The molecule has 4 saturated heterocycles. The fourth-order valence-electron chi connectivity index (χ4n) is 5.97. The van der Waals surface area contributed by atoms with E-state index in [0.29, 0.717) is 5.69 Å². The largest absolute Gasteiger partial charge is 0.361 e. The van der Waals surface area contributed by atoms with Crippen molar-refractivity contribution in [1.29, 1.82) is 10.8 Å². The summed E-state index contributed by atoms with van der Waals surface area (Å²) in [5.74, 6) is -7.91. The number of nitrogens with one attached hydrogen (secondary N) is 6. The molecule has 14 nitrogen and oxygen atoms in total. The molecule has 2 unspecified atom stereocenters. The molecule has 4 atom stereocenters. The second kappa shape index (κ2) is 9.10. The number of carbonyl (C=O) groups excluding carboxylic acids is 3. The molecule has 4 heterocycles. The van der Waals surface area contributed by atoms with Crippen LogP contribution >= 0.6 is 0 Å². The maximum atomic E-state index is 14.3. The number of imide groups is 1. The second-order valence-corrected chi connectivity index (χ2v) is 10.2. The first kappa shape index (κ1) is 26.4. The number of anilines is 1. The SMILES string of the molecule is N=C1N[C@H]2[C@H](CN3C(=O)CN(c4ccccc4)C3=O)NC(=N)N3CC(NC(=O)c4cccc(F)c4F)C(O)(O)C23N1. The zero-order valence-electron chi connectivity index (χ0n) is 21.2. The van der Waals surface area contributed by atoms with Crippen molar-refractivity contribution in [3.63, 3.8) is 0 Å². The Balaban J connectivity index is 1.28. The van der Waals surface area contributed by atoms with Crippen molar-refractivity contribution >= 4 is 35.5 Å². The average Bonchev–Trinajstić information content (AvgIpc) is 3.51. The Morgan fingerprint density at radius 1 is 1.07 bits per heavy atom. The van der Waals surface area contributed by atoms with E-state index in [1.807, 2.05) is 0 Å². The summed E-state index contributed by atoms with van der Waals surface area (Å²) in [6, 6.07) is 7.26. The van der Waals surface area contributed by atoms with Crippen LogP contribution in [0.15, 0.2) is 48.5 Å². The molecule has 4 amide bonds. The second-order valence-electron chi connectivity index (χ2n) is 10.2. The van der Waals surface area contributed by atoms with Gasteiger partial charge in [-0.05, 0) is 24.3 Å². The molecule has 4 fully saturated rings. The lowest BCUT2D eigenvalue weighted by molar-refractivity contribution is -0.232. The van der Waals surface area contributed by atoms with Crippen molar-refractivity contribution in [3.05, 3.63) is 65.7 Å². The number of hydrogen-bond acceptors (Lipinski definition) is 7. The molecule has 6 rings (SSSR count). The molecule has 16 heteroatoms. The number of amides is 4. The molecule has 8 N–H and O–H groups in total. The van der Waals surface area contributed by atoms with Crippen LogP contribution in [0, 0.1) is 22.5 Å². The van der Waals surface area contributed by atoms with Gasteiger partial charge in [-0.25, -0.2) is 13.6 Å². The molecule has 4 aliphatic rings. The molecule has 1 spiro atoms. The Labute approximate surface area is 230 Å². The van der Waals surface area contributed by atoms with Gasteiger partial charge in [-0.2, -0.15) is 0 Å². The number of para-hydroxylation sites is 1. The number of rotatable bonds is 5. The van der Waals surface area contributed by atoms with Gasteiger partial charge >= 0.3 is 6.03 Å². The van der Waals surface area contributed by atoms with Crippen LogP contribution in [0.2, 0.25) is 0 Å². The number of guanidine groups is 2.